The number of carbonyl (C=O) groups is 2. The van der Waals surface area contributed by atoms with Gasteiger partial charge >= 0.3 is 0 Å². The number of aromatic nitrogens is 1. The van der Waals surface area contributed by atoms with Crippen LogP contribution in [0.3, 0.4) is 0 Å². The van der Waals surface area contributed by atoms with Gasteiger partial charge in [-0.25, -0.2) is 0 Å². The molecule has 0 aliphatic heterocycles. The molecule has 1 heterocycles. The van der Waals surface area contributed by atoms with Gasteiger partial charge in [0, 0.05) is 37.4 Å². The molecule has 6 nitrogen and oxygen atoms in total. The molecule has 0 radical (unpaired) electrons. The molecule has 1 aromatic heterocycles. The van der Waals surface area contributed by atoms with Gasteiger partial charge in [-0.1, -0.05) is 41.1 Å². The fraction of sp³-hybridized carbons (Fsp3) is 0.190. The predicted octanol–water partition coefficient (Wildman–Crippen LogP) is 4.10. The van der Waals surface area contributed by atoms with Gasteiger partial charge in [0.2, 0.25) is 5.91 Å². The van der Waals surface area contributed by atoms with Crippen LogP contribution in [0.5, 0.6) is 0 Å². The van der Waals surface area contributed by atoms with Crippen molar-refractivity contribution in [3.05, 3.63) is 63.9 Å². The molecule has 0 aliphatic carbocycles. The fourth-order valence-electron chi connectivity index (χ4n) is 2.74. The van der Waals surface area contributed by atoms with Crippen LogP contribution in [0.25, 0.3) is 16.3 Å². The number of carbonyl (C=O) groups excluding carboxylic acids is 2. The van der Waals surface area contributed by atoms with Gasteiger partial charge in [-0.2, -0.15) is 4.99 Å². The average Bonchev–Trinajstić information content (AvgIpc) is 3.01. The van der Waals surface area contributed by atoms with Crippen molar-refractivity contribution >= 4 is 56.7 Å². The largest absolute Gasteiger partial charge is 0.383 e. The SMILES string of the molecule is COCCn1c(=NC(=O)C=Cc2ccccc2Cl)sc2cc(NC(C)=O)ccc21. The lowest BCUT2D eigenvalue weighted by Crippen LogP contribution is -2.18. The topological polar surface area (TPSA) is 72.7 Å². The van der Waals surface area contributed by atoms with Crippen molar-refractivity contribution in [2.45, 2.75) is 13.5 Å². The first-order chi connectivity index (χ1) is 14.0. The molecule has 0 fully saturated rings. The Morgan fingerprint density at radius 2 is 2.07 bits per heavy atom. The van der Waals surface area contributed by atoms with Crippen molar-refractivity contribution in [3.8, 4) is 0 Å². The molecule has 3 aromatic rings. The molecular formula is C21H20ClN3O3S. The number of hydrogen-bond acceptors (Lipinski definition) is 4. The third kappa shape index (κ3) is 5.41. The molecule has 0 aliphatic rings. The van der Waals surface area contributed by atoms with Gasteiger partial charge in [-0.3, -0.25) is 9.59 Å². The van der Waals surface area contributed by atoms with E-state index in [1.807, 2.05) is 41.0 Å². The summed E-state index contributed by atoms with van der Waals surface area (Å²) in [5.74, 6) is -0.525. The van der Waals surface area contributed by atoms with Gasteiger partial charge in [-0.05, 0) is 35.9 Å². The Bertz CT molecular complexity index is 1150. The van der Waals surface area contributed by atoms with Crippen LogP contribution in [-0.4, -0.2) is 30.1 Å². The molecule has 0 atom stereocenters. The predicted molar refractivity (Wildman–Crippen MR) is 117 cm³/mol. The van der Waals surface area contributed by atoms with E-state index >= 15 is 0 Å². The summed E-state index contributed by atoms with van der Waals surface area (Å²) in [5.41, 5.74) is 2.37. The number of nitrogens with zero attached hydrogens (tertiary/aromatic N) is 2. The minimum Gasteiger partial charge on any atom is -0.383 e. The second-order valence-electron chi connectivity index (χ2n) is 6.20. The number of hydrogen-bond donors (Lipinski definition) is 1. The van der Waals surface area contributed by atoms with Gasteiger partial charge < -0.3 is 14.6 Å². The van der Waals surface area contributed by atoms with Gasteiger partial charge in [-0.15, -0.1) is 0 Å². The van der Waals surface area contributed by atoms with Crippen molar-refractivity contribution in [3.63, 3.8) is 0 Å². The summed E-state index contributed by atoms with van der Waals surface area (Å²) in [7, 11) is 1.62. The minimum atomic E-state index is -0.385. The first-order valence-electron chi connectivity index (χ1n) is 8.89. The standard InChI is InChI=1S/C21H20ClN3O3S/c1-14(26)23-16-8-9-18-19(13-16)29-21(25(18)11-12-28-2)24-20(27)10-7-15-5-3-4-6-17(15)22/h3-10,13H,11-12H2,1-2H3,(H,23,26). The van der Waals surface area contributed by atoms with E-state index in [2.05, 4.69) is 10.3 Å². The summed E-state index contributed by atoms with van der Waals surface area (Å²) in [6.45, 7) is 2.49. The van der Waals surface area contributed by atoms with Crippen molar-refractivity contribution in [2.75, 3.05) is 19.0 Å². The molecule has 0 saturated heterocycles. The molecular weight excluding hydrogens is 410 g/mol. The molecule has 0 bridgehead atoms. The van der Waals surface area contributed by atoms with Gasteiger partial charge in [0.15, 0.2) is 4.80 Å². The van der Waals surface area contributed by atoms with Crippen LogP contribution in [0.15, 0.2) is 53.5 Å². The maximum atomic E-state index is 12.4. The molecule has 2 amide bonds. The highest BCUT2D eigenvalue weighted by atomic mass is 35.5. The Morgan fingerprint density at radius 1 is 1.28 bits per heavy atom. The zero-order valence-corrected chi connectivity index (χ0v) is 17.6. The number of ether oxygens (including phenoxy) is 1. The van der Waals surface area contributed by atoms with E-state index in [1.54, 1.807) is 19.3 Å². The van der Waals surface area contributed by atoms with Gasteiger partial charge in [0.05, 0.1) is 16.8 Å². The van der Waals surface area contributed by atoms with Crippen LogP contribution in [0.2, 0.25) is 5.02 Å². The van der Waals surface area contributed by atoms with E-state index in [-0.39, 0.29) is 11.8 Å². The summed E-state index contributed by atoms with van der Waals surface area (Å²) in [5, 5.41) is 3.33. The lowest BCUT2D eigenvalue weighted by atomic mass is 10.2. The molecule has 0 spiro atoms. The first kappa shape index (κ1) is 21.0. The Balaban J connectivity index is 1.98. The summed E-state index contributed by atoms with van der Waals surface area (Å²) in [6.07, 6.45) is 3.05. The molecule has 3 rings (SSSR count). The fourth-order valence-corrected chi connectivity index (χ4v) is 4.04. The van der Waals surface area contributed by atoms with E-state index in [9.17, 15) is 9.59 Å². The number of rotatable bonds is 6. The van der Waals surface area contributed by atoms with Crippen LogP contribution in [-0.2, 0) is 20.9 Å². The lowest BCUT2D eigenvalue weighted by Gasteiger charge is -2.05. The van der Waals surface area contributed by atoms with Gasteiger partial charge in [0.1, 0.15) is 0 Å². The lowest BCUT2D eigenvalue weighted by molar-refractivity contribution is -0.114. The van der Waals surface area contributed by atoms with E-state index in [0.717, 1.165) is 15.8 Å². The molecule has 8 heteroatoms. The number of halogens is 1. The molecule has 150 valence electrons. The summed E-state index contributed by atoms with van der Waals surface area (Å²) in [6, 6.07) is 12.9. The number of anilines is 1. The number of thiazole rings is 1. The highest BCUT2D eigenvalue weighted by molar-refractivity contribution is 7.16. The normalized spacial score (nSPS) is 12.0. The number of nitrogens with one attached hydrogen (secondary N) is 1. The van der Waals surface area contributed by atoms with Crippen molar-refractivity contribution in [2.24, 2.45) is 4.99 Å². The third-order valence-electron chi connectivity index (χ3n) is 4.04. The monoisotopic (exact) mass is 429 g/mol. The zero-order valence-electron chi connectivity index (χ0n) is 16.0. The molecule has 1 N–H and O–H groups in total. The summed E-state index contributed by atoms with van der Waals surface area (Å²) in [4.78, 5) is 28.5. The number of benzene rings is 2. The second kappa shape index (κ2) is 9.65. The maximum Gasteiger partial charge on any atom is 0.272 e. The van der Waals surface area contributed by atoms with Crippen molar-refractivity contribution in [1.82, 2.24) is 4.57 Å². The van der Waals surface area contributed by atoms with Crippen LogP contribution >= 0.6 is 22.9 Å². The number of fused-ring (bicyclic) bond motifs is 1. The van der Waals surface area contributed by atoms with E-state index in [0.29, 0.717) is 28.7 Å². The Labute approximate surface area is 177 Å². The second-order valence-corrected chi connectivity index (χ2v) is 7.61. The Kier molecular flexibility index (Phi) is 6.98. The first-order valence-corrected chi connectivity index (χ1v) is 10.1. The van der Waals surface area contributed by atoms with E-state index in [4.69, 9.17) is 16.3 Å². The quantitative estimate of drug-likeness (QED) is 0.599. The van der Waals surface area contributed by atoms with Crippen molar-refractivity contribution < 1.29 is 14.3 Å². The molecule has 0 saturated carbocycles. The number of amides is 2. The highest BCUT2D eigenvalue weighted by Gasteiger charge is 2.09. The van der Waals surface area contributed by atoms with Crippen LogP contribution in [0.4, 0.5) is 5.69 Å². The smallest absolute Gasteiger partial charge is 0.272 e. The van der Waals surface area contributed by atoms with Crippen LogP contribution in [0, 0.1) is 0 Å². The molecule has 0 unspecified atom stereocenters. The molecule has 29 heavy (non-hydrogen) atoms. The minimum absolute atomic E-state index is 0.141. The van der Waals surface area contributed by atoms with Crippen molar-refractivity contribution in [1.29, 1.82) is 0 Å². The number of methoxy groups -OCH3 is 1. The van der Waals surface area contributed by atoms with Crippen LogP contribution in [0.1, 0.15) is 12.5 Å². The van der Waals surface area contributed by atoms with E-state index < -0.39 is 0 Å². The Hall–Kier alpha value is -2.74. The van der Waals surface area contributed by atoms with Crippen LogP contribution < -0.4 is 10.1 Å². The zero-order chi connectivity index (χ0) is 20.8. The summed E-state index contributed by atoms with van der Waals surface area (Å²) < 4.78 is 8.03. The van der Waals surface area contributed by atoms with E-state index in [1.165, 1.54) is 24.3 Å². The maximum absolute atomic E-state index is 12.4. The third-order valence-corrected chi connectivity index (χ3v) is 5.42. The average molecular weight is 430 g/mol. The highest BCUT2D eigenvalue weighted by Crippen LogP contribution is 2.22. The molecule has 2 aromatic carbocycles. The van der Waals surface area contributed by atoms with Gasteiger partial charge in [0.25, 0.3) is 5.91 Å². The summed E-state index contributed by atoms with van der Waals surface area (Å²) >= 11 is 7.49. The Morgan fingerprint density at radius 3 is 2.79 bits per heavy atom.